The van der Waals surface area contributed by atoms with Gasteiger partial charge < -0.3 is 9.84 Å². The van der Waals surface area contributed by atoms with Crippen molar-refractivity contribution in [1.29, 1.82) is 0 Å². The lowest BCUT2D eigenvalue weighted by Gasteiger charge is -2.14. The number of para-hydroxylation sites is 1. The highest BCUT2D eigenvalue weighted by molar-refractivity contribution is 5.77. The first-order valence-electron chi connectivity index (χ1n) is 7.20. The fourth-order valence-corrected chi connectivity index (χ4v) is 2.25. The van der Waals surface area contributed by atoms with Gasteiger partial charge in [-0.25, -0.2) is 9.59 Å². The highest BCUT2D eigenvalue weighted by Gasteiger charge is 2.23. The summed E-state index contributed by atoms with van der Waals surface area (Å²) in [5.41, 5.74) is 0.579. The Morgan fingerprint density at radius 1 is 1.27 bits per heavy atom. The Balaban J connectivity index is 2.49. The molecule has 1 N–H and O–H groups in total. The van der Waals surface area contributed by atoms with Crippen LogP contribution in [0, 0.1) is 0 Å². The highest BCUT2D eigenvalue weighted by atomic mass is 16.5. The first kappa shape index (κ1) is 16.0. The third-order valence-corrected chi connectivity index (χ3v) is 3.36. The number of benzene rings is 1. The summed E-state index contributed by atoms with van der Waals surface area (Å²) >= 11 is 0. The van der Waals surface area contributed by atoms with Crippen molar-refractivity contribution in [2.75, 3.05) is 6.61 Å². The van der Waals surface area contributed by atoms with Gasteiger partial charge in [-0.3, -0.25) is 9.13 Å². The van der Waals surface area contributed by atoms with Crippen molar-refractivity contribution in [3.63, 3.8) is 0 Å². The smallest absolute Gasteiger partial charge is 0.339 e. The zero-order valence-corrected chi connectivity index (χ0v) is 12.9. The third kappa shape index (κ3) is 2.96. The molecule has 0 aliphatic heterocycles. The number of nitrogens with zero attached hydrogens (tertiary/aromatic N) is 2. The number of ether oxygens (including phenoxy) is 1. The summed E-state index contributed by atoms with van der Waals surface area (Å²) in [5, 5.41) is 10.2. The summed E-state index contributed by atoms with van der Waals surface area (Å²) in [7, 11) is 0. The SMILES string of the molecule is CCOC(=O)C(O)c1ccccc1-n1ccn(C(C)C)c1=O. The molecule has 0 radical (unpaired) electrons. The lowest BCUT2D eigenvalue weighted by molar-refractivity contribution is -0.153. The Morgan fingerprint density at radius 2 is 1.95 bits per heavy atom. The minimum Gasteiger partial charge on any atom is -0.464 e. The zero-order chi connectivity index (χ0) is 16.3. The van der Waals surface area contributed by atoms with E-state index in [9.17, 15) is 14.7 Å². The van der Waals surface area contributed by atoms with Gasteiger partial charge in [0.1, 0.15) is 0 Å². The lowest BCUT2D eigenvalue weighted by Crippen LogP contribution is -2.26. The number of aliphatic hydroxyl groups is 1. The van der Waals surface area contributed by atoms with Gasteiger partial charge in [0.15, 0.2) is 6.10 Å². The number of aliphatic hydroxyl groups excluding tert-OH is 1. The number of carbonyl (C=O) groups excluding carboxylic acids is 1. The van der Waals surface area contributed by atoms with Gasteiger partial charge in [0.2, 0.25) is 0 Å². The van der Waals surface area contributed by atoms with Crippen LogP contribution in [-0.2, 0) is 9.53 Å². The van der Waals surface area contributed by atoms with E-state index < -0.39 is 12.1 Å². The summed E-state index contributed by atoms with van der Waals surface area (Å²) in [5.74, 6) is -0.730. The molecule has 1 aromatic heterocycles. The molecule has 0 spiro atoms. The molecule has 0 aliphatic carbocycles. The molecule has 0 saturated carbocycles. The molecule has 1 heterocycles. The van der Waals surface area contributed by atoms with E-state index >= 15 is 0 Å². The number of imidazole rings is 1. The van der Waals surface area contributed by atoms with Crippen LogP contribution in [0.2, 0.25) is 0 Å². The zero-order valence-electron chi connectivity index (χ0n) is 12.9. The van der Waals surface area contributed by atoms with Crippen molar-refractivity contribution in [1.82, 2.24) is 9.13 Å². The van der Waals surface area contributed by atoms with Crippen LogP contribution in [-0.4, -0.2) is 26.8 Å². The van der Waals surface area contributed by atoms with E-state index in [0.29, 0.717) is 11.3 Å². The summed E-state index contributed by atoms with van der Waals surface area (Å²) in [6.07, 6.45) is 1.88. The van der Waals surface area contributed by atoms with E-state index in [2.05, 4.69) is 0 Å². The first-order chi connectivity index (χ1) is 10.5. The molecule has 6 heteroatoms. The number of hydrogen-bond acceptors (Lipinski definition) is 4. The van der Waals surface area contributed by atoms with Gasteiger partial charge >= 0.3 is 11.7 Å². The molecule has 2 rings (SSSR count). The van der Waals surface area contributed by atoms with Crippen molar-refractivity contribution >= 4 is 5.97 Å². The van der Waals surface area contributed by atoms with Crippen LogP contribution >= 0.6 is 0 Å². The van der Waals surface area contributed by atoms with Gasteiger partial charge in [-0.15, -0.1) is 0 Å². The van der Waals surface area contributed by atoms with E-state index in [1.807, 2.05) is 13.8 Å². The van der Waals surface area contributed by atoms with E-state index in [-0.39, 0.29) is 18.3 Å². The minimum absolute atomic E-state index is 0.0240. The van der Waals surface area contributed by atoms with Crippen molar-refractivity contribution in [3.05, 3.63) is 52.7 Å². The van der Waals surface area contributed by atoms with Crippen molar-refractivity contribution < 1.29 is 14.6 Å². The second-order valence-electron chi connectivity index (χ2n) is 5.17. The standard InChI is InChI=1S/C16H20N2O4/c1-4-22-15(20)14(19)12-7-5-6-8-13(12)18-10-9-17(11(2)3)16(18)21/h5-11,14,19H,4H2,1-3H3. The van der Waals surface area contributed by atoms with Crippen LogP contribution in [0.1, 0.15) is 38.5 Å². The topological polar surface area (TPSA) is 73.5 Å². The van der Waals surface area contributed by atoms with Gasteiger partial charge in [0.05, 0.1) is 12.3 Å². The van der Waals surface area contributed by atoms with E-state index in [1.165, 1.54) is 4.57 Å². The maximum Gasteiger partial charge on any atom is 0.339 e. The highest BCUT2D eigenvalue weighted by Crippen LogP contribution is 2.22. The van der Waals surface area contributed by atoms with E-state index in [4.69, 9.17) is 4.74 Å². The largest absolute Gasteiger partial charge is 0.464 e. The maximum absolute atomic E-state index is 12.4. The fraction of sp³-hybridized carbons (Fsp3) is 0.375. The molecular formula is C16H20N2O4. The summed E-state index contributed by atoms with van der Waals surface area (Å²) in [6.45, 7) is 5.67. The Hall–Kier alpha value is -2.34. The van der Waals surface area contributed by atoms with Gasteiger partial charge in [-0.1, -0.05) is 18.2 Å². The van der Waals surface area contributed by atoms with Gasteiger partial charge in [0.25, 0.3) is 0 Å². The summed E-state index contributed by atoms with van der Waals surface area (Å²) < 4.78 is 7.83. The lowest BCUT2D eigenvalue weighted by atomic mass is 10.1. The average Bonchev–Trinajstić information content (AvgIpc) is 2.88. The van der Waals surface area contributed by atoms with Gasteiger partial charge in [-0.2, -0.15) is 0 Å². The number of rotatable bonds is 5. The number of esters is 1. The van der Waals surface area contributed by atoms with Crippen LogP contribution in [0.5, 0.6) is 0 Å². The predicted molar refractivity (Wildman–Crippen MR) is 82.0 cm³/mol. The van der Waals surface area contributed by atoms with Crippen LogP contribution < -0.4 is 5.69 Å². The Labute approximate surface area is 128 Å². The minimum atomic E-state index is -1.43. The third-order valence-electron chi connectivity index (χ3n) is 3.36. The Kier molecular flexibility index (Phi) is 4.82. The predicted octanol–water partition coefficient (Wildman–Crippen LogP) is 1.82. The molecule has 1 unspecified atom stereocenters. The second kappa shape index (κ2) is 6.62. The maximum atomic E-state index is 12.4. The van der Waals surface area contributed by atoms with Gasteiger partial charge in [0, 0.05) is 24.0 Å². The Bertz CT molecular complexity index is 715. The van der Waals surface area contributed by atoms with Crippen LogP contribution in [0.25, 0.3) is 5.69 Å². The number of aromatic nitrogens is 2. The van der Waals surface area contributed by atoms with Gasteiger partial charge in [-0.05, 0) is 26.8 Å². The molecule has 0 saturated heterocycles. The van der Waals surface area contributed by atoms with E-state index in [0.717, 1.165) is 0 Å². The Morgan fingerprint density at radius 3 is 2.55 bits per heavy atom. The molecular weight excluding hydrogens is 284 g/mol. The second-order valence-corrected chi connectivity index (χ2v) is 5.17. The number of carbonyl (C=O) groups is 1. The van der Waals surface area contributed by atoms with Crippen molar-refractivity contribution in [2.24, 2.45) is 0 Å². The molecule has 0 amide bonds. The molecule has 1 atom stereocenters. The summed E-state index contributed by atoms with van der Waals surface area (Å²) in [6, 6.07) is 6.76. The van der Waals surface area contributed by atoms with Crippen LogP contribution in [0.3, 0.4) is 0 Å². The molecule has 0 aliphatic rings. The summed E-state index contributed by atoms with van der Waals surface area (Å²) in [4.78, 5) is 24.2. The molecule has 6 nitrogen and oxygen atoms in total. The quantitative estimate of drug-likeness (QED) is 0.855. The van der Waals surface area contributed by atoms with Crippen LogP contribution in [0.15, 0.2) is 41.5 Å². The normalized spacial score (nSPS) is 12.4. The molecule has 0 fully saturated rings. The molecule has 22 heavy (non-hydrogen) atoms. The number of hydrogen-bond donors (Lipinski definition) is 1. The molecule has 0 bridgehead atoms. The van der Waals surface area contributed by atoms with E-state index in [1.54, 1.807) is 48.1 Å². The van der Waals surface area contributed by atoms with Crippen molar-refractivity contribution in [2.45, 2.75) is 32.9 Å². The molecule has 1 aromatic carbocycles. The molecule has 118 valence electrons. The average molecular weight is 304 g/mol. The molecule has 2 aromatic rings. The van der Waals surface area contributed by atoms with Crippen molar-refractivity contribution in [3.8, 4) is 5.69 Å². The van der Waals surface area contributed by atoms with Crippen LogP contribution in [0.4, 0.5) is 0 Å². The first-order valence-corrected chi connectivity index (χ1v) is 7.20. The fourth-order valence-electron chi connectivity index (χ4n) is 2.25. The monoisotopic (exact) mass is 304 g/mol.